The van der Waals surface area contributed by atoms with Crippen LogP contribution in [0.2, 0.25) is 0 Å². The first-order valence-corrected chi connectivity index (χ1v) is 9.67. The summed E-state index contributed by atoms with van der Waals surface area (Å²) < 4.78 is 0. The van der Waals surface area contributed by atoms with E-state index in [1.54, 1.807) is 13.1 Å². The Labute approximate surface area is 176 Å². The summed E-state index contributed by atoms with van der Waals surface area (Å²) in [5.74, 6) is 0.804. The number of aromatic hydroxyl groups is 1. The fraction of sp³-hybridized carbons (Fsp3) is 0.174. The summed E-state index contributed by atoms with van der Waals surface area (Å²) in [5, 5.41) is 16.5. The summed E-state index contributed by atoms with van der Waals surface area (Å²) in [4.78, 5) is 4.29. The number of hydrogen-bond donors (Lipinski definition) is 2. The van der Waals surface area contributed by atoms with Gasteiger partial charge in [-0.25, -0.2) is 0 Å². The lowest BCUT2D eigenvalue weighted by Gasteiger charge is -2.24. The van der Waals surface area contributed by atoms with Gasteiger partial charge in [0, 0.05) is 18.0 Å². The normalized spacial score (nSPS) is 14.1. The van der Waals surface area contributed by atoms with E-state index >= 15 is 0 Å². The molecule has 0 aliphatic rings. The maximum absolute atomic E-state index is 11.0. The van der Waals surface area contributed by atoms with Crippen molar-refractivity contribution in [2.24, 2.45) is 4.99 Å². The number of nitrogens with zero attached hydrogens (tertiary/aromatic N) is 1. The second-order valence-corrected chi connectivity index (χ2v) is 6.93. The summed E-state index contributed by atoms with van der Waals surface area (Å²) in [6, 6.07) is 10.9. The molecule has 0 aliphatic heterocycles. The highest BCUT2D eigenvalue weighted by atomic mass is 35.5. The maximum Gasteiger partial charge on any atom is 0.129 e. The van der Waals surface area contributed by atoms with Crippen molar-refractivity contribution in [3.8, 4) is 5.75 Å². The molecule has 28 heavy (non-hydrogen) atoms. The molecule has 0 aliphatic carbocycles. The number of hydrogen-bond acceptors (Lipinski definition) is 2. The van der Waals surface area contributed by atoms with E-state index < -0.39 is 6.04 Å². The predicted octanol–water partition coefficient (Wildman–Crippen LogP) is 6.60. The molecule has 1 atom stereocenters. The van der Waals surface area contributed by atoms with Gasteiger partial charge in [0.15, 0.2) is 0 Å². The third-order valence-corrected chi connectivity index (χ3v) is 5.04. The topological polar surface area (TPSA) is 44.6 Å². The SMILES string of the molecule is C=C/C(=C(/Cl)C(=C)Cl)C(NC(/C=C\CC)=NC)c1ccc2ccccc2c1O. The number of amidine groups is 1. The molecule has 2 N–H and O–H groups in total. The van der Waals surface area contributed by atoms with Gasteiger partial charge in [0.1, 0.15) is 11.6 Å². The number of phenolic OH excluding ortho intramolecular Hbond substituents is 1. The Kier molecular flexibility index (Phi) is 7.91. The van der Waals surface area contributed by atoms with Crippen LogP contribution >= 0.6 is 23.2 Å². The number of allylic oxidation sites excluding steroid dienone is 3. The highest BCUT2D eigenvalue weighted by Crippen LogP contribution is 2.38. The average molecular weight is 415 g/mol. The first kappa shape index (κ1) is 21.8. The third kappa shape index (κ3) is 4.86. The van der Waals surface area contributed by atoms with E-state index in [-0.39, 0.29) is 15.8 Å². The van der Waals surface area contributed by atoms with Crippen molar-refractivity contribution in [2.75, 3.05) is 7.05 Å². The highest BCUT2D eigenvalue weighted by Gasteiger charge is 2.23. The lowest BCUT2D eigenvalue weighted by molar-refractivity contribution is 0.469. The molecular weight excluding hydrogens is 391 g/mol. The van der Waals surface area contributed by atoms with E-state index in [9.17, 15) is 5.11 Å². The molecule has 0 bridgehead atoms. The Balaban J connectivity index is 2.69. The Morgan fingerprint density at radius 3 is 2.57 bits per heavy atom. The first-order valence-electron chi connectivity index (χ1n) is 8.91. The lowest BCUT2D eigenvalue weighted by Crippen LogP contribution is -2.28. The molecule has 2 aromatic rings. The van der Waals surface area contributed by atoms with Crippen LogP contribution in [-0.4, -0.2) is 18.0 Å². The lowest BCUT2D eigenvalue weighted by atomic mass is 9.94. The Hall–Kier alpha value is -2.49. The van der Waals surface area contributed by atoms with Crippen molar-refractivity contribution in [1.82, 2.24) is 5.32 Å². The zero-order valence-electron chi connectivity index (χ0n) is 16.0. The second kappa shape index (κ2) is 10.2. The van der Waals surface area contributed by atoms with Crippen LogP contribution < -0.4 is 5.32 Å². The monoisotopic (exact) mass is 414 g/mol. The smallest absolute Gasteiger partial charge is 0.129 e. The van der Waals surface area contributed by atoms with Crippen molar-refractivity contribution >= 4 is 39.8 Å². The summed E-state index contributed by atoms with van der Waals surface area (Å²) in [7, 11) is 1.69. The molecule has 2 rings (SSSR count). The Morgan fingerprint density at radius 2 is 1.96 bits per heavy atom. The molecule has 0 amide bonds. The zero-order valence-corrected chi connectivity index (χ0v) is 17.6. The molecule has 5 heteroatoms. The Bertz CT molecular complexity index is 974. The second-order valence-electron chi connectivity index (χ2n) is 6.10. The van der Waals surface area contributed by atoms with Gasteiger partial charge in [0.2, 0.25) is 0 Å². The number of phenols is 1. The largest absolute Gasteiger partial charge is 0.507 e. The van der Waals surface area contributed by atoms with Gasteiger partial charge in [-0.15, -0.1) is 0 Å². The van der Waals surface area contributed by atoms with Crippen LogP contribution in [-0.2, 0) is 0 Å². The molecule has 146 valence electrons. The Morgan fingerprint density at radius 1 is 1.25 bits per heavy atom. The molecule has 0 aromatic heterocycles. The summed E-state index contributed by atoms with van der Waals surface area (Å²) in [5.41, 5.74) is 1.23. The van der Waals surface area contributed by atoms with E-state index in [1.165, 1.54) is 0 Å². The van der Waals surface area contributed by atoms with E-state index in [0.29, 0.717) is 17.0 Å². The molecule has 0 saturated carbocycles. The highest BCUT2D eigenvalue weighted by molar-refractivity contribution is 6.44. The third-order valence-electron chi connectivity index (χ3n) is 4.31. The van der Waals surface area contributed by atoms with Crippen molar-refractivity contribution in [3.05, 3.63) is 89.0 Å². The van der Waals surface area contributed by atoms with E-state index in [2.05, 4.69) is 23.5 Å². The van der Waals surface area contributed by atoms with Gasteiger partial charge in [-0.3, -0.25) is 4.99 Å². The minimum absolute atomic E-state index is 0.162. The fourth-order valence-corrected chi connectivity index (χ4v) is 3.18. The molecule has 2 aromatic carbocycles. The van der Waals surface area contributed by atoms with E-state index in [0.717, 1.165) is 17.2 Å². The predicted molar refractivity (Wildman–Crippen MR) is 122 cm³/mol. The average Bonchev–Trinajstić information content (AvgIpc) is 2.70. The quantitative estimate of drug-likeness (QED) is 0.304. The number of benzene rings is 2. The van der Waals surface area contributed by atoms with Crippen molar-refractivity contribution in [3.63, 3.8) is 0 Å². The van der Waals surface area contributed by atoms with Crippen LogP contribution in [0.4, 0.5) is 0 Å². The molecular formula is C23H24Cl2N2O. The van der Waals surface area contributed by atoms with Gasteiger partial charge >= 0.3 is 0 Å². The molecule has 1 unspecified atom stereocenters. The standard InChI is InChI=1S/C23H24Cl2N2O/c1-5-7-12-20(26-4)27-22(17(6-2)21(25)15(3)24)19-14-13-16-10-8-9-11-18(16)23(19)28/h6-14,22,28H,2-3,5H2,1,4H3,(H,26,27)/b12-7-,21-17-. The van der Waals surface area contributed by atoms with Crippen molar-refractivity contribution in [2.45, 2.75) is 19.4 Å². The van der Waals surface area contributed by atoms with Gasteiger partial charge in [-0.05, 0) is 23.5 Å². The fourth-order valence-electron chi connectivity index (χ4n) is 2.88. The molecule has 0 saturated heterocycles. The van der Waals surface area contributed by atoms with Crippen molar-refractivity contribution in [1.29, 1.82) is 0 Å². The molecule has 0 spiro atoms. The van der Waals surface area contributed by atoms with E-state index in [1.807, 2.05) is 55.5 Å². The van der Waals surface area contributed by atoms with Crippen LogP contribution in [0, 0.1) is 0 Å². The number of fused-ring (bicyclic) bond motifs is 1. The minimum Gasteiger partial charge on any atom is -0.507 e. The molecule has 3 nitrogen and oxygen atoms in total. The maximum atomic E-state index is 11.0. The zero-order chi connectivity index (χ0) is 20.7. The summed E-state index contributed by atoms with van der Waals surface area (Å²) in [6.07, 6.45) is 6.36. The van der Waals surface area contributed by atoms with Gasteiger partial charge in [0.25, 0.3) is 0 Å². The molecule has 0 fully saturated rings. The summed E-state index contributed by atoms with van der Waals surface area (Å²) in [6.45, 7) is 9.63. The van der Waals surface area contributed by atoms with Crippen LogP contribution in [0.1, 0.15) is 24.9 Å². The van der Waals surface area contributed by atoms with Gasteiger partial charge in [-0.1, -0.05) is 91.8 Å². The van der Waals surface area contributed by atoms with E-state index in [4.69, 9.17) is 23.2 Å². The van der Waals surface area contributed by atoms with Crippen LogP contribution in [0.5, 0.6) is 5.75 Å². The van der Waals surface area contributed by atoms with Gasteiger partial charge < -0.3 is 10.4 Å². The number of halogens is 2. The summed E-state index contributed by atoms with van der Waals surface area (Å²) >= 11 is 12.5. The van der Waals surface area contributed by atoms with Gasteiger partial charge in [0.05, 0.1) is 16.1 Å². The molecule has 0 heterocycles. The van der Waals surface area contributed by atoms with Crippen LogP contribution in [0.25, 0.3) is 10.8 Å². The number of aliphatic imine (C=N–C) groups is 1. The number of rotatable bonds is 7. The van der Waals surface area contributed by atoms with Crippen molar-refractivity contribution < 1.29 is 5.11 Å². The number of nitrogens with one attached hydrogen (secondary N) is 1. The van der Waals surface area contributed by atoms with Crippen LogP contribution in [0.15, 0.2) is 88.4 Å². The van der Waals surface area contributed by atoms with Gasteiger partial charge in [-0.2, -0.15) is 0 Å². The first-order chi connectivity index (χ1) is 13.4. The van der Waals surface area contributed by atoms with Crippen LogP contribution in [0.3, 0.4) is 0 Å². The minimum atomic E-state index is -0.523. The molecule has 0 radical (unpaired) electrons.